The summed E-state index contributed by atoms with van der Waals surface area (Å²) in [5.74, 6) is 11.4. The summed E-state index contributed by atoms with van der Waals surface area (Å²) in [7, 11) is 1.45. The molecule has 1 nitrogen and oxygen atoms in total. The van der Waals surface area contributed by atoms with E-state index >= 15 is 0 Å². The van der Waals surface area contributed by atoms with Crippen LogP contribution in [-0.2, 0) is 0 Å². The van der Waals surface area contributed by atoms with Gasteiger partial charge >= 0.3 is 6.07 Å². The number of nitrogens with zero attached hydrogens (tertiary/aromatic N) is 1. The molecule has 0 fully saturated rings. The van der Waals surface area contributed by atoms with Crippen molar-refractivity contribution < 1.29 is 12.3 Å². The first-order valence-electron chi connectivity index (χ1n) is 11.7. The van der Waals surface area contributed by atoms with Crippen LogP contribution in [0, 0.1) is 57.2 Å². The van der Waals surface area contributed by atoms with Crippen LogP contribution in [0.15, 0.2) is 24.3 Å². The van der Waals surface area contributed by atoms with Gasteiger partial charge in [0.25, 0.3) is 7.05 Å². The van der Waals surface area contributed by atoms with Crippen molar-refractivity contribution in [1.29, 1.82) is 0 Å². The fourth-order valence-electron chi connectivity index (χ4n) is 2.10. The van der Waals surface area contributed by atoms with Crippen LogP contribution in [0.4, 0.5) is 0 Å². The second-order valence-electron chi connectivity index (χ2n) is 5.12. The van der Waals surface area contributed by atoms with Crippen LogP contribution in [-0.4, -0.2) is 7.05 Å². The zero-order valence-corrected chi connectivity index (χ0v) is 13.8. The van der Waals surface area contributed by atoms with Gasteiger partial charge in [0.2, 0.25) is 0 Å². The van der Waals surface area contributed by atoms with E-state index in [1.807, 2.05) is 0 Å². The van der Waals surface area contributed by atoms with Gasteiger partial charge in [0, 0.05) is 29.0 Å². The van der Waals surface area contributed by atoms with Crippen molar-refractivity contribution in [2.24, 2.45) is 0 Å². The first-order chi connectivity index (χ1) is 15.1. The van der Waals surface area contributed by atoms with Gasteiger partial charge in [-0.1, -0.05) is 22.6 Å². The Morgan fingerprint density at radius 3 is 1.75 bits per heavy atom. The molecule has 0 atom stereocenters. The van der Waals surface area contributed by atoms with Gasteiger partial charge in [0.1, 0.15) is 5.56 Å². The van der Waals surface area contributed by atoms with Crippen molar-refractivity contribution in [2.75, 3.05) is 7.05 Å². The molecule has 0 amide bonds. The van der Waals surface area contributed by atoms with Crippen molar-refractivity contribution in [3.8, 4) is 29.8 Å². The quantitative estimate of drug-likeness (QED) is 0.601. The highest BCUT2D eigenvalue weighted by Gasteiger charge is 2.06. The molecule has 2 aromatic rings. The Bertz CT molecular complexity index is 1260. The fourth-order valence-corrected chi connectivity index (χ4v) is 2.10. The Hall–Kier alpha value is -2.95. The van der Waals surface area contributed by atoms with Crippen molar-refractivity contribution in [3.63, 3.8) is 0 Å². The topological polar surface area (TPSA) is 4.36 Å². The molecule has 0 bridgehead atoms. The van der Waals surface area contributed by atoms with Crippen LogP contribution in [0.5, 0.6) is 0 Å². The average Bonchev–Trinajstić information content (AvgIpc) is 2.66. The molecule has 118 valence electrons. The summed E-state index contributed by atoms with van der Waals surface area (Å²) in [5, 5.41) is 0. The smallest absolute Gasteiger partial charge is 0.101 e. The molecule has 0 radical (unpaired) electrons. The summed E-state index contributed by atoms with van der Waals surface area (Å²) in [6.45, 7) is -4.34. The standard InChI is InChI=1S/C23H22N/c1-7-8-20-11-16(2)17(3)12-21(20)9-10-22-13-18(4)19(5)14-23(22)15-24-6/h11-14H,1-6H3/q+1/i2D3,4D3,5D3. The molecule has 2 aromatic carbocycles. The molecule has 0 aliphatic carbocycles. The molecule has 0 saturated heterocycles. The van der Waals surface area contributed by atoms with Gasteiger partial charge in [0.15, 0.2) is 0 Å². The lowest BCUT2D eigenvalue weighted by Gasteiger charge is -2.04. The Balaban J connectivity index is 2.82. The van der Waals surface area contributed by atoms with Gasteiger partial charge in [-0.3, -0.25) is 0 Å². The lowest BCUT2D eigenvalue weighted by molar-refractivity contribution is 1.31. The summed E-state index contributed by atoms with van der Waals surface area (Å²) < 4.78 is 69.6. The Morgan fingerprint density at radius 2 is 1.21 bits per heavy atom. The largest absolute Gasteiger partial charge is 0.311 e. The third-order valence-corrected chi connectivity index (χ3v) is 3.35. The van der Waals surface area contributed by atoms with Gasteiger partial charge in [-0.2, -0.15) is 0 Å². The minimum Gasteiger partial charge on any atom is -0.101 e. The van der Waals surface area contributed by atoms with Gasteiger partial charge in [-0.25, -0.2) is 0 Å². The SMILES string of the molecule is [2H]C([2H])([2H])c1cc(C#CC)c(C#Cc2cc(C([2H])([2H])[2H])c(C([2H])([2H])[2H])cc2C#[N+]C)cc1C. The molecule has 24 heavy (non-hydrogen) atoms. The average molecular weight is 321 g/mol. The Labute approximate surface area is 158 Å². The first-order valence-corrected chi connectivity index (χ1v) is 7.23. The monoisotopic (exact) mass is 321 g/mol. The van der Waals surface area contributed by atoms with Crippen LogP contribution in [0.25, 0.3) is 4.85 Å². The fraction of sp³-hybridized carbons (Fsp3) is 0.261. The van der Waals surface area contributed by atoms with Crippen LogP contribution in [0.2, 0.25) is 0 Å². The molecular formula is C23H22N+. The summed E-state index contributed by atoms with van der Waals surface area (Å²) in [4.78, 5) is 3.81. The normalized spacial score (nSPS) is 16.2. The van der Waals surface area contributed by atoms with E-state index in [1.54, 1.807) is 19.9 Å². The summed E-state index contributed by atoms with van der Waals surface area (Å²) >= 11 is 0. The molecule has 0 aliphatic heterocycles. The predicted octanol–water partition coefficient (Wildman–Crippen LogP) is 5.00. The van der Waals surface area contributed by atoms with E-state index in [0.29, 0.717) is 16.7 Å². The maximum Gasteiger partial charge on any atom is 0.311 e. The molecule has 0 N–H and O–H groups in total. The van der Waals surface area contributed by atoms with Crippen LogP contribution >= 0.6 is 0 Å². The molecule has 1 heteroatoms. The predicted molar refractivity (Wildman–Crippen MR) is 103 cm³/mol. The van der Waals surface area contributed by atoms with E-state index in [9.17, 15) is 0 Å². The van der Waals surface area contributed by atoms with Gasteiger partial charge < -0.3 is 0 Å². The number of benzene rings is 2. The van der Waals surface area contributed by atoms with Crippen molar-refractivity contribution in [1.82, 2.24) is 0 Å². The van der Waals surface area contributed by atoms with Crippen molar-refractivity contribution in [2.45, 2.75) is 34.4 Å². The zero-order chi connectivity index (χ0) is 25.2. The Kier molecular flexibility index (Phi) is 2.76. The van der Waals surface area contributed by atoms with Crippen molar-refractivity contribution in [3.05, 3.63) is 73.6 Å². The van der Waals surface area contributed by atoms with E-state index < -0.39 is 20.6 Å². The second kappa shape index (κ2) is 7.55. The molecule has 0 heterocycles. The first kappa shape index (κ1) is 8.78. The minimum atomic E-state index is -2.67. The molecule has 0 saturated carbocycles. The number of hydrogen-bond acceptors (Lipinski definition) is 0. The molecule has 0 aliphatic rings. The van der Waals surface area contributed by atoms with E-state index in [4.69, 9.17) is 12.3 Å². The second-order valence-corrected chi connectivity index (χ2v) is 5.12. The van der Waals surface area contributed by atoms with Crippen LogP contribution in [0.1, 0.15) is 63.8 Å². The molecule has 0 aromatic heterocycles. The molecular weight excluding hydrogens is 290 g/mol. The van der Waals surface area contributed by atoms with E-state index in [0.717, 1.165) is 0 Å². The molecule has 2 rings (SSSR count). The lowest BCUT2D eigenvalue weighted by atomic mass is 9.98. The molecule has 0 spiro atoms. The maximum atomic E-state index is 7.78. The summed E-state index contributed by atoms with van der Waals surface area (Å²) in [6, 6.07) is 8.22. The third kappa shape index (κ3) is 3.87. The number of rotatable bonds is 0. The van der Waals surface area contributed by atoms with Crippen LogP contribution in [0.3, 0.4) is 0 Å². The van der Waals surface area contributed by atoms with E-state index in [-0.39, 0.29) is 27.8 Å². The highest BCUT2D eigenvalue weighted by Crippen LogP contribution is 2.17. The van der Waals surface area contributed by atoms with Gasteiger partial charge in [0.05, 0.1) is 0 Å². The minimum absolute atomic E-state index is 0.171. The highest BCUT2D eigenvalue weighted by molar-refractivity contribution is 5.58. The van der Waals surface area contributed by atoms with Gasteiger partial charge in [-0.15, -0.1) is 5.92 Å². The number of aryl methyl sites for hydroxylation is 4. The van der Waals surface area contributed by atoms with Crippen LogP contribution < -0.4 is 0 Å². The lowest BCUT2D eigenvalue weighted by Crippen LogP contribution is -1.92. The van der Waals surface area contributed by atoms with E-state index in [1.165, 1.54) is 25.2 Å². The van der Waals surface area contributed by atoms with E-state index in [2.05, 4.69) is 34.6 Å². The third-order valence-electron chi connectivity index (χ3n) is 3.35. The molecule has 0 unspecified atom stereocenters. The summed E-state index contributed by atoms with van der Waals surface area (Å²) in [5.41, 5.74) is 1.41. The maximum absolute atomic E-state index is 7.78. The number of hydrogen-bond donors (Lipinski definition) is 0. The zero-order valence-electron chi connectivity index (χ0n) is 22.8. The van der Waals surface area contributed by atoms with Crippen molar-refractivity contribution >= 4 is 0 Å². The Morgan fingerprint density at radius 1 is 0.750 bits per heavy atom. The van der Waals surface area contributed by atoms with Gasteiger partial charge in [-0.05, 0) is 80.9 Å². The summed E-state index contributed by atoms with van der Waals surface area (Å²) in [6.07, 6.45) is 0. The highest BCUT2D eigenvalue weighted by atomic mass is 14.6.